The minimum absolute atomic E-state index is 0.00796. The van der Waals surface area contributed by atoms with Gasteiger partial charge in [0.2, 0.25) is 0 Å². The predicted octanol–water partition coefficient (Wildman–Crippen LogP) is 1.11. The first-order chi connectivity index (χ1) is 8.10. The number of likely N-dealkylation sites (N-methyl/N-ethyl adjacent to an activating group) is 1. The van der Waals surface area contributed by atoms with Gasteiger partial charge in [-0.2, -0.15) is 0 Å². The lowest BCUT2D eigenvalue weighted by atomic mass is 10.3. The first kappa shape index (κ1) is 13.6. The van der Waals surface area contributed by atoms with Crippen LogP contribution in [0, 0.1) is 0 Å². The Labute approximate surface area is 102 Å². The Morgan fingerprint density at radius 1 is 1.53 bits per heavy atom. The SMILES string of the molecule is CCOCCN(CC)C(=O)c1cc(N)cn1C. The molecule has 0 fully saturated rings. The molecule has 5 nitrogen and oxygen atoms in total. The Hall–Kier alpha value is -1.49. The van der Waals surface area contributed by atoms with E-state index < -0.39 is 0 Å². The minimum Gasteiger partial charge on any atom is -0.397 e. The van der Waals surface area contributed by atoms with E-state index in [-0.39, 0.29) is 5.91 Å². The highest BCUT2D eigenvalue weighted by Gasteiger charge is 2.17. The molecule has 0 radical (unpaired) electrons. The number of anilines is 1. The van der Waals surface area contributed by atoms with Crippen LogP contribution in [-0.2, 0) is 11.8 Å². The molecule has 17 heavy (non-hydrogen) atoms. The third-order valence-corrected chi connectivity index (χ3v) is 2.62. The van der Waals surface area contributed by atoms with Crippen LogP contribution in [0.2, 0.25) is 0 Å². The van der Waals surface area contributed by atoms with Crippen molar-refractivity contribution in [2.75, 3.05) is 32.0 Å². The van der Waals surface area contributed by atoms with Crippen molar-refractivity contribution in [2.24, 2.45) is 7.05 Å². The lowest BCUT2D eigenvalue weighted by molar-refractivity contribution is 0.0660. The van der Waals surface area contributed by atoms with Gasteiger partial charge >= 0.3 is 0 Å². The summed E-state index contributed by atoms with van der Waals surface area (Å²) >= 11 is 0. The number of carbonyl (C=O) groups is 1. The largest absolute Gasteiger partial charge is 0.397 e. The molecular formula is C12H21N3O2. The van der Waals surface area contributed by atoms with Crippen LogP contribution in [0.4, 0.5) is 5.69 Å². The Kier molecular flexibility index (Phi) is 5.03. The summed E-state index contributed by atoms with van der Waals surface area (Å²) in [6.45, 7) is 6.40. The quantitative estimate of drug-likeness (QED) is 0.756. The van der Waals surface area contributed by atoms with Crippen LogP contribution < -0.4 is 5.73 Å². The Balaban J connectivity index is 2.68. The van der Waals surface area contributed by atoms with Gasteiger partial charge in [0, 0.05) is 32.9 Å². The van der Waals surface area contributed by atoms with Crippen LogP contribution >= 0.6 is 0 Å². The number of nitrogens with two attached hydrogens (primary N) is 1. The molecule has 0 aromatic carbocycles. The lowest BCUT2D eigenvalue weighted by Gasteiger charge is -2.20. The summed E-state index contributed by atoms with van der Waals surface area (Å²) in [6.07, 6.45) is 1.74. The molecule has 0 unspecified atom stereocenters. The minimum atomic E-state index is -0.00796. The van der Waals surface area contributed by atoms with Crippen molar-refractivity contribution in [3.05, 3.63) is 18.0 Å². The van der Waals surface area contributed by atoms with Crippen molar-refractivity contribution in [1.29, 1.82) is 0 Å². The summed E-state index contributed by atoms with van der Waals surface area (Å²) in [5.74, 6) is -0.00796. The van der Waals surface area contributed by atoms with Gasteiger partial charge in [0.15, 0.2) is 0 Å². The average molecular weight is 239 g/mol. The molecule has 2 N–H and O–H groups in total. The van der Waals surface area contributed by atoms with E-state index >= 15 is 0 Å². The van der Waals surface area contributed by atoms with Gasteiger partial charge in [-0.15, -0.1) is 0 Å². The van der Waals surface area contributed by atoms with E-state index in [2.05, 4.69) is 0 Å². The maximum Gasteiger partial charge on any atom is 0.270 e. The van der Waals surface area contributed by atoms with Gasteiger partial charge < -0.3 is 19.9 Å². The first-order valence-electron chi connectivity index (χ1n) is 5.89. The smallest absolute Gasteiger partial charge is 0.270 e. The topological polar surface area (TPSA) is 60.5 Å². The van der Waals surface area contributed by atoms with E-state index in [0.29, 0.717) is 37.7 Å². The Morgan fingerprint density at radius 2 is 2.24 bits per heavy atom. The number of carbonyl (C=O) groups excluding carboxylic acids is 1. The number of hydrogen-bond donors (Lipinski definition) is 1. The van der Waals surface area contributed by atoms with E-state index in [0.717, 1.165) is 0 Å². The molecule has 0 aliphatic rings. The Bertz CT molecular complexity index is 374. The van der Waals surface area contributed by atoms with Crippen molar-refractivity contribution in [3.63, 3.8) is 0 Å². The second-order valence-electron chi connectivity index (χ2n) is 3.85. The standard InChI is InChI=1S/C12H21N3O2/c1-4-15(6-7-17-5-2)12(16)11-8-10(13)9-14(11)3/h8-9H,4-7,13H2,1-3H3. The summed E-state index contributed by atoms with van der Waals surface area (Å²) < 4.78 is 7.01. The highest BCUT2D eigenvalue weighted by Crippen LogP contribution is 2.11. The summed E-state index contributed by atoms with van der Waals surface area (Å²) in [5, 5.41) is 0. The van der Waals surface area contributed by atoms with Gasteiger partial charge in [0.25, 0.3) is 5.91 Å². The van der Waals surface area contributed by atoms with Crippen molar-refractivity contribution in [1.82, 2.24) is 9.47 Å². The molecule has 0 bridgehead atoms. The fourth-order valence-corrected chi connectivity index (χ4v) is 1.69. The molecule has 1 rings (SSSR count). The Morgan fingerprint density at radius 3 is 2.71 bits per heavy atom. The van der Waals surface area contributed by atoms with Gasteiger partial charge in [-0.3, -0.25) is 4.79 Å². The summed E-state index contributed by atoms with van der Waals surface area (Å²) in [4.78, 5) is 14.0. The van der Waals surface area contributed by atoms with Crippen LogP contribution in [0.25, 0.3) is 0 Å². The van der Waals surface area contributed by atoms with Crippen LogP contribution in [-0.4, -0.2) is 41.7 Å². The number of aromatic nitrogens is 1. The number of nitrogens with zero attached hydrogens (tertiary/aromatic N) is 2. The van der Waals surface area contributed by atoms with Gasteiger partial charge in [-0.1, -0.05) is 0 Å². The number of aryl methyl sites for hydroxylation is 1. The van der Waals surface area contributed by atoms with Gasteiger partial charge in [-0.25, -0.2) is 0 Å². The van der Waals surface area contributed by atoms with E-state index in [1.165, 1.54) is 0 Å². The van der Waals surface area contributed by atoms with E-state index in [9.17, 15) is 4.79 Å². The molecule has 1 amide bonds. The van der Waals surface area contributed by atoms with Gasteiger partial charge in [-0.05, 0) is 19.9 Å². The molecule has 1 aromatic rings. The molecule has 1 heterocycles. The van der Waals surface area contributed by atoms with Crippen molar-refractivity contribution < 1.29 is 9.53 Å². The molecule has 0 saturated carbocycles. The van der Waals surface area contributed by atoms with Crippen LogP contribution in [0.15, 0.2) is 12.3 Å². The third-order valence-electron chi connectivity index (χ3n) is 2.62. The number of amides is 1. The highest BCUT2D eigenvalue weighted by atomic mass is 16.5. The molecule has 0 aliphatic heterocycles. The molecule has 96 valence electrons. The second-order valence-corrected chi connectivity index (χ2v) is 3.85. The highest BCUT2D eigenvalue weighted by molar-refractivity contribution is 5.93. The second kappa shape index (κ2) is 6.30. The normalized spacial score (nSPS) is 10.5. The molecule has 0 spiro atoms. The molecule has 0 saturated heterocycles. The fraction of sp³-hybridized carbons (Fsp3) is 0.583. The van der Waals surface area contributed by atoms with Crippen molar-refractivity contribution in [2.45, 2.75) is 13.8 Å². The van der Waals surface area contributed by atoms with Crippen LogP contribution in [0.5, 0.6) is 0 Å². The first-order valence-corrected chi connectivity index (χ1v) is 5.89. The zero-order valence-corrected chi connectivity index (χ0v) is 10.8. The van der Waals surface area contributed by atoms with Crippen molar-refractivity contribution >= 4 is 11.6 Å². The average Bonchev–Trinajstić information content (AvgIpc) is 2.63. The number of nitrogen functional groups attached to an aromatic ring is 1. The summed E-state index contributed by atoms with van der Waals surface area (Å²) in [6, 6.07) is 1.70. The van der Waals surface area contributed by atoms with E-state index in [4.69, 9.17) is 10.5 Å². The number of hydrogen-bond acceptors (Lipinski definition) is 3. The summed E-state index contributed by atoms with van der Waals surface area (Å²) in [5.41, 5.74) is 6.88. The van der Waals surface area contributed by atoms with Crippen LogP contribution in [0.1, 0.15) is 24.3 Å². The lowest BCUT2D eigenvalue weighted by Crippen LogP contribution is -2.34. The zero-order chi connectivity index (χ0) is 12.8. The van der Waals surface area contributed by atoms with E-state index in [1.807, 2.05) is 20.9 Å². The molecular weight excluding hydrogens is 218 g/mol. The monoisotopic (exact) mass is 239 g/mol. The number of rotatable bonds is 6. The maximum absolute atomic E-state index is 12.2. The maximum atomic E-state index is 12.2. The van der Waals surface area contributed by atoms with Crippen molar-refractivity contribution in [3.8, 4) is 0 Å². The summed E-state index contributed by atoms with van der Waals surface area (Å²) in [7, 11) is 1.82. The molecule has 1 aromatic heterocycles. The van der Waals surface area contributed by atoms with E-state index in [1.54, 1.807) is 21.7 Å². The molecule has 0 aliphatic carbocycles. The van der Waals surface area contributed by atoms with Crippen LogP contribution in [0.3, 0.4) is 0 Å². The fourth-order valence-electron chi connectivity index (χ4n) is 1.69. The predicted molar refractivity (Wildman–Crippen MR) is 67.9 cm³/mol. The third kappa shape index (κ3) is 3.49. The van der Waals surface area contributed by atoms with Gasteiger partial charge in [0.1, 0.15) is 5.69 Å². The zero-order valence-electron chi connectivity index (χ0n) is 10.8. The molecule has 0 atom stereocenters. The number of ether oxygens (including phenoxy) is 1. The molecule has 5 heteroatoms. The van der Waals surface area contributed by atoms with Gasteiger partial charge in [0.05, 0.1) is 12.3 Å².